The Morgan fingerprint density at radius 2 is 1.95 bits per heavy atom. The highest BCUT2D eigenvalue weighted by atomic mass is 16.4. The van der Waals surface area contributed by atoms with Crippen LogP contribution in [0.25, 0.3) is 0 Å². The fourth-order valence-electron chi connectivity index (χ4n) is 3.79. The average Bonchev–Trinajstić information content (AvgIpc) is 2.90. The molecule has 2 N–H and O–H groups in total. The number of likely N-dealkylation sites (tertiary alicyclic amines) is 1. The van der Waals surface area contributed by atoms with Gasteiger partial charge >= 0.3 is 5.97 Å². The largest absolute Gasteiger partial charge is 0.481 e. The molecule has 5 nitrogen and oxygen atoms in total. The third-order valence-electron chi connectivity index (χ3n) is 5.32. The summed E-state index contributed by atoms with van der Waals surface area (Å²) in [4.78, 5) is 26.0. The summed E-state index contributed by atoms with van der Waals surface area (Å²) in [6.45, 7) is 3.80. The number of piperidine rings is 1. The van der Waals surface area contributed by atoms with E-state index in [9.17, 15) is 14.7 Å². The van der Waals surface area contributed by atoms with Crippen LogP contribution in [0.2, 0.25) is 0 Å². The lowest BCUT2D eigenvalue weighted by atomic mass is 9.95. The molecule has 2 aliphatic rings. The Kier molecular flexibility index (Phi) is 5.62. The van der Waals surface area contributed by atoms with Crippen molar-refractivity contribution >= 4 is 11.9 Å². The number of nitrogens with one attached hydrogen (secondary N) is 1. The topological polar surface area (TPSA) is 69.6 Å². The molecular weight excluding hydrogens is 268 g/mol. The molecule has 1 aliphatic carbocycles. The highest BCUT2D eigenvalue weighted by Gasteiger charge is 2.42. The Hall–Kier alpha value is -1.10. The Morgan fingerprint density at radius 1 is 1.24 bits per heavy atom. The van der Waals surface area contributed by atoms with Crippen LogP contribution in [-0.2, 0) is 9.59 Å². The van der Waals surface area contributed by atoms with Gasteiger partial charge in [0.05, 0.1) is 11.8 Å². The predicted molar refractivity (Wildman–Crippen MR) is 80.9 cm³/mol. The van der Waals surface area contributed by atoms with Crippen LogP contribution in [0.15, 0.2) is 0 Å². The van der Waals surface area contributed by atoms with Crippen LogP contribution in [0.3, 0.4) is 0 Å². The van der Waals surface area contributed by atoms with Crippen molar-refractivity contribution in [3.63, 3.8) is 0 Å². The first kappa shape index (κ1) is 16.3. The van der Waals surface area contributed by atoms with E-state index in [1.54, 1.807) is 0 Å². The molecule has 2 rings (SSSR count). The summed E-state index contributed by atoms with van der Waals surface area (Å²) in [6.07, 6.45) is 5.88. The molecule has 5 heteroatoms. The van der Waals surface area contributed by atoms with Gasteiger partial charge in [-0.15, -0.1) is 0 Å². The zero-order valence-corrected chi connectivity index (χ0v) is 13.2. The highest BCUT2D eigenvalue weighted by molar-refractivity contribution is 5.85. The molecule has 1 aliphatic heterocycles. The maximum Gasteiger partial charge on any atom is 0.307 e. The molecule has 1 saturated carbocycles. The second kappa shape index (κ2) is 7.25. The molecule has 2 fully saturated rings. The van der Waals surface area contributed by atoms with E-state index in [1.807, 2.05) is 0 Å². The molecule has 0 aromatic rings. The molecule has 0 aromatic carbocycles. The molecule has 4 unspecified atom stereocenters. The van der Waals surface area contributed by atoms with Gasteiger partial charge in [0.1, 0.15) is 0 Å². The quantitative estimate of drug-likeness (QED) is 0.810. The Bertz CT molecular complexity index is 386. The molecule has 0 bridgehead atoms. The van der Waals surface area contributed by atoms with E-state index in [4.69, 9.17) is 0 Å². The lowest BCUT2D eigenvalue weighted by Gasteiger charge is -2.32. The summed E-state index contributed by atoms with van der Waals surface area (Å²) in [5.74, 6) is -1.35. The van der Waals surface area contributed by atoms with Crippen LogP contribution in [0.1, 0.15) is 45.4 Å². The third-order valence-corrected chi connectivity index (χ3v) is 5.32. The van der Waals surface area contributed by atoms with E-state index in [2.05, 4.69) is 24.2 Å². The molecule has 4 atom stereocenters. The first-order valence-corrected chi connectivity index (χ1v) is 8.23. The zero-order chi connectivity index (χ0) is 15.4. The molecule has 1 saturated heterocycles. The number of rotatable bonds is 5. The number of carbonyl (C=O) groups is 2. The van der Waals surface area contributed by atoms with Gasteiger partial charge in [-0.05, 0) is 45.2 Å². The minimum atomic E-state index is -0.819. The number of amides is 1. The van der Waals surface area contributed by atoms with Crippen molar-refractivity contribution in [2.45, 2.75) is 51.5 Å². The monoisotopic (exact) mass is 296 g/mol. The Labute approximate surface area is 127 Å². The van der Waals surface area contributed by atoms with E-state index in [0.29, 0.717) is 24.9 Å². The number of nitrogens with zero attached hydrogens (tertiary/aromatic N) is 1. The van der Waals surface area contributed by atoms with E-state index >= 15 is 0 Å². The summed E-state index contributed by atoms with van der Waals surface area (Å²) in [7, 11) is 2.10. The average molecular weight is 296 g/mol. The predicted octanol–water partition coefficient (Wildman–Crippen LogP) is 1.72. The van der Waals surface area contributed by atoms with Gasteiger partial charge in [0, 0.05) is 12.6 Å². The molecule has 0 aromatic heterocycles. The molecule has 0 spiro atoms. The van der Waals surface area contributed by atoms with Crippen molar-refractivity contribution < 1.29 is 14.7 Å². The van der Waals surface area contributed by atoms with E-state index in [0.717, 1.165) is 25.8 Å². The van der Waals surface area contributed by atoms with Crippen LogP contribution in [-0.4, -0.2) is 48.1 Å². The van der Waals surface area contributed by atoms with Crippen molar-refractivity contribution in [2.24, 2.45) is 17.8 Å². The number of aliphatic carboxylic acids is 1. The second-order valence-corrected chi connectivity index (χ2v) is 6.67. The maximum atomic E-state index is 12.4. The minimum Gasteiger partial charge on any atom is -0.481 e. The smallest absolute Gasteiger partial charge is 0.307 e. The van der Waals surface area contributed by atoms with Crippen LogP contribution in [0.4, 0.5) is 0 Å². The highest BCUT2D eigenvalue weighted by Crippen LogP contribution is 2.38. The summed E-state index contributed by atoms with van der Waals surface area (Å²) in [5.41, 5.74) is 0. The number of carboxylic acid groups (broad SMARTS) is 1. The minimum absolute atomic E-state index is 0.0580. The third kappa shape index (κ3) is 3.96. The second-order valence-electron chi connectivity index (χ2n) is 6.67. The van der Waals surface area contributed by atoms with Crippen molar-refractivity contribution in [3.05, 3.63) is 0 Å². The first-order chi connectivity index (χ1) is 10.0. The molecule has 120 valence electrons. The van der Waals surface area contributed by atoms with Gasteiger partial charge in [0.15, 0.2) is 0 Å². The van der Waals surface area contributed by atoms with Crippen molar-refractivity contribution in [2.75, 3.05) is 20.1 Å². The lowest BCUT2D eigenvalue weighted by Crippen LogP contribution is -2.46. The van der Waals surface area contributed by atoms with E-state index < -0.39 is 11.9 Å². The number of carbonyl (C=O) groups excluding carboxylic acids is 1. The zero-order valence-electron chi connectivity index (χ0n) is 13.2. The van der Waals surface area contributed by atoms with Gasteiger partial charge in [-0.2, -0.15) is 0 Å². The summed E-state index contributed by atoms with van der Waals surface area (Å²) in [6, 6.07) is 0.398. The van der Waals surface area contributed by atoms with Crippen LogP contribution in [0, 0.1) is 17.8 Å². The van der Waals surface area contributed by atoms with Gasteiger partial charge < -0.3 is 15.3 Å². The number of carboxylic acids is 1. The van der Waals surface area contributed by atoms with Gasteiger partial charge in [0.25, 0.3) is 0 Å². The van der Waals surface area contributed by atoms with Gasteiger partial charge in [-0.1, -0.05) is 19.8 Å². The fourth-order valence-corrected chi connectivity index (χ4v) is 3.79. The molecule has 1 amide bonds. The van der Waals surface area contributed by atoms with E-state index in [-0.39, 0.29) is 11.8 Å². The van der Waals surface area contributed by atoms with Gasteiger partial charge in [0.2, 0.25) is 5.91 Å². The van der Waals surface area contributed by atoms with Crippen molar-refractivity contribution in [1.29, 1.82) is 0 Å². The van der Waals surface area contributed by atoms with Crippen molar-refractivity contribution in [3.8, 4) is 0 Å². The fraction of sp³-hybridized carbons (Fsp3) is 0.875. The molecular formula is C16H28N2O3. The standard InChI is InChI=1S/C16H28N2O3/c1-3-11-8-13(14(9-11)16(20)21)15(19)17-10-12-6-4-5-7-18(12)2/h11-14H,3-10H2,1-2H3,(H,17,19)(H,20,21). The molecule has 1 heterocycles. The Balaban J connectivity index is 1.88. The summed E-state index contributed by atoms with van der Waals surface area (Å²) in [5, 5.41) is 12.3. The first-order valence-electron chi connectivity index (χ1n) is 8.23. The number of hydrogen-bond acceptors (Lipinski definition) is 3. The van der Waals surface area contributed by atoms with E-state index in [1.165, 1.54) is 12.8 Å². The van der Waals surface area contributed by atoms with Crippen molar-refractivity contribution in [1.82, 2.24) is 10.2 Å². The maximum absolute atomic E-state index is 12.4. The number of likely N-dealkylation sites (N-methyl/N-ethyl adjacent to an activating group) is 1. The lowest BCUT2D eigenvalue weighted by molar-refractivity contribution is -0.146. The summed E-state index contributed by atoms with van der Waals surface area (Å²) < 4.78 is 0. The van der Waals surface area contributed by atoms with Gasteiger partial charge in [-0.3, -0.25) is 9.59 Å². The van der Waals surface area contributed by atoms with Crippen LogP contribution >= 0.6 is 0 Å². The number of hydrogen-bond donors (Lipinski definition) is 2. The molecule has 0 radical (unpaired) electrons. The summed E-state index contributed by atoms with van der Waals surface area (Å²) >= 11 is 0. The van der Waals surface area contributed by atoms with Crippen LogP contribution in [0.5, 0.6) is 0 Å². The molecule has 21 heavy (non-hydrogen) atoms. The van der Waals surface area contributed by atoms with Crippen LogP contribution < -0.4 is 5.32 Å². The normalized spacial score (nSPS) is 33.8. The van der Waals surface area contributed by atoms with Gasteiger partial charge in [-0.25, -0.2) is 0 Å². The SMILES string of the molecule is CCC1CC(C(=O)O)C(C(=O)NCC2CCCCN2C)C1. The Morgan fingerprint density at radius 3 is 2.57 bits per heavy atom.